The number of carboxylic acids is 1. The van der Waals surface area contributed by atoms with Crippen LogP contribution in [0.1, 0.15) is 22.3 Å². The van der Waals surface area contributed by atoms with Crippen molar-refractivity contribution in [2.45, 2.75) is 13.0 Å². The number of ether oxygens (including phenoxy) is 1. The highest BCUT2D eigenvalue weighted by atomic mass is 16.5. The molecule has 0 bridgehead atoms. The number of hydrogen-bond donors (Lipinski definition) is 1. The number of hydrogen-bond acceptors (Lipinski definition) is 3. The molecule has 0 radical (unpaired) electrons. The monoisotopic (exact) mass is 311 g/mol. The van der Waals surface area contributed by atoms with E-state index < -0.39 is 5.97 Å². The van der Waals surface area contributed by atoms with Crippen molar-refractivity contribution in [1.82, 2.24) is 4.90 Å². The summed E-state index contributed by atoms with van der Waals surface area (Å²) in [6, 6.07) is 17.1. The van der Waals surface area contributed by atoms with Crippen LogP contribution in [0.5, 0.6) is 5.75 Å². The van der Waals surface area contributed by atoms with Gasteiger partial charge in [0.2, 0.25) is 0 Å². The number of carboxylic acid groups (broad SMARTS) is 1. The first-order valence-corrected chi connectivity index (χ1v) is 7.93. The third kappa shape index (κ3) is 4.33. The van der Waals surface area contributed by atoms with E-state index in [4.69, 9.17) is 9.84 Å². The van der Waals surface area contributed by atoms with E-state index in [0.717, 1.165) is 44.0 Å². The topological polar surface area (TPSA) is 49.8 Å². The van der Waals surface area contributed by atoms with Crippen LogP contribution in [0.3, 0.4) is 0 Å². The Morgan fingerprint density at radius 1 is 1.17 bits per heavy atom. The van der Waals surface area contributed by atoms with Gasteiger partial charge in [-0.2, -0.15) is 0 Å². The van der Waals surface area contributed by atoms with Gasteiger partial charge in [-0.3, -0.25) is 4.90 Å². The van der Waals surface area contributed by atoms with E-state index in [9.17, 15) is 4.79 Å². The first-order chi connectivity index (χ1) is 11.2. The predicted octanol–water partition coefficient (Wildman–Crippen LogP) is 3.29. The molecule has 1 N–H and O–H groups in total. The summed E-state index contributed by atoms with van der Waals surface area (Å²) in [5.41, 5.74) is 1.40. The second-order valence-electron chi connectivity index (χ2n) is 6.02. The number of rotatable bonds is 6. The van der Waals surface area contributed by atoms with E-state index >= 15 is 0 Å². The van der Waals surface area contributed by atoms with Crippen molar-refractivity contribution in [1.29, 1.82) is 0 Å². The van der Waals surface area contributed by atoms with Gasteiger partial charge in [0.15, 0.2) is 0 Å². The molecule has 1 saturated heterocycles. The second kappa shape index (κ2) is 7.29. The van der Waals surface area contributed by atoms with E-state index in [2.05, 4.69) is 4.90 Å². The molecule has 1 unspecified atom stereocenters. The summed E-state index contributed by atoms with van der Waals surface area (Å²) < 4.78 is 5.83. The average Bonchev–Trinajstić information content (AvgIpc) is 3.01. The van der Waals surface area contributed by atoms with Crippen molar-refractivity contribution in [3.05, 3.63) is 65.7 Å². The molecule has 0 amide bonds. The second-order valence-corrected chi connectivity index (χ2v) is 6.02. The summed E-state index contributed by atoms with van der Waals surface area (Å²) in [6.07, 6.45) is 1.12. The fourth-order valence-corrected chi connectivity index (χ4v) is 2.98. The summed E-state index contributed by atoms with van der Waals surface area (Å²) in [6.45, 7) is 3.54. The number of para-hydroxylation sites is 1. The van der Waals surface area contributed by atoms with Gasteiger partial charge in [0, 0.05) is 19.0 Å². The van der Waals surface area contributed by atoms with Crippen LogP contribution in [0.4, 0.5) is 0 Å². The van der Waals surface area contributed by atoms with Crippen molar-refractivity contribution in [2.24, 2.45) is 5.92 Å². The normalized spacial score (nSPS) is 18.0. The third-order valence-corrected chi connectivity index (χ3v) is 4.18. The minimum absolute atomic E-state index is 0.352. The lowest BCUT2D eigenvalue weighted by Crippen LogP contribution is -2.22. The quantitative estimate of drug-likeness (QED) is 0.889. The maximum atomic E-state index is 11.0. The van der Waals surface area contributed by atoms with Crippen LogP contribution in [0.25, 0.3) is 0 Å². The lowest BCUT2D eigenvalue weighted by molar-refractivity contribution is 0.0696. The average molecular weight is 311 g/mol. The molecule has 4 heteroatoms. The molecule has 3 rings (SSSR count). The Morgan fingerprint density at radius 2 is 2.00 bits per heavy atom. The lowest BCUT2D eigenvalue weighted by atomic mass is 10.1. The Bertz CT molecular complexity index is 657. The first kappa shape index (κ1) is 15.6. The van der Waals surface area contributed by atoms with Gasteiger partial charge in [0.05, 0.1) is 12.2 Å². The zero-order chi connectivity index (χ0) is 16.1. The van der Waals surface area contributed by atoms with Gasteiger partial charge in [-0.1, -0.05) is 30.3 Å². The van der Waals surface area contributed by atoms with E-state index in [1.165, 1.54) is 0 Å². The largest absolute Gasteiger partial charge is 0.493 e. The fraction of sp³-hybridized carbons (Fsp3) is 0.316. The van der Waals surface area contributed by atoms with Crippen molar-refractivity contribution in [2.75, 3.05) is 19.7 Å². The molecular weight excluding hydrogens is 290 g/mol. The Morgan fingerprint density at radius 3 is 2.78 bits per heavy atom. The number of likely N-dealkylation sites (tertiary alicyclic amines) is 1. The predicted molar refractivity (Wildman–Crippen MR) is 88.7 cm³/mol. The molecule has 23 heavy (non-hydrogen) atoms. The van der Waals surface area contributed by atoms with Crippen LogP contribution < -0.4 is 4.74 Å². The first-order valence-electron chi connectivity index (χ1n) is 7.93. The van der Waals surface area contributed by atoms with Crippen LogP contribution in [-0.2, 0) is 6.54 Å². The molecule has 1 heterocycles. The summed E-state index contributed by atoms with van der Waals surface area (Å²) in [4.78, 5) is 13.4. The Hall–Kier alpha value is -2.33. The molecule has 1 atom stereocenters. The summed E-state index contributed by atoms with van der Waals surface area (Å²) >= 11 is 0. The van der Waals surface area contributed by atoms with Crippen LogP contribution in [-0.4, -0.2) is 35.7 Å². The Balaban J connectivity index is 1.50. The minimum atomic E-state index is -0.873. The molecule has 0 saturated carbocycles. The molecule has 0 aliphatic carbocycles. The fourth-order valence-electron chi connectivity index (χ4n) is 2.98. The highest BCUT2D eigenvalue weighted by Gasteiger charge is 2.23. The smallest absolute Gasteiger partial charge is 0.335 e. The standard InChI is InChI=1S/C19H21NO3/c21-19(22)17-6-4-5-15(11-17)12-20-10-9-16(13-20)14-23-18-7-2-1-3-8-18/h1-8,11,16H,9-10,12-14H2,(H,21,22). The van der Waals surface area contributed by atoms with Crippen LogP contribution in [0.15, 0.2) is 54.6 Å². The number of benzene rings is 2. The molecule has 1 aliphatic rings. The van der Waals surface area contributed by atoms with Gasteiger partial charge < -0.3 is 9.84 Å². The van der Waals surface area contributed by atoms with Crippen molar-refractivity contribution in [3.8, 4) is 5.75 Å². The molecule has 1 fully saturated rings. The highest BCUT2D eigenvalue weighted by Crippen LogP contribution is 2.20. The number of carbonyl (C=O) groups is 1. The van der Waals surface area contributed by atoms with Gasteiger partial charge in [-0.15, -0.1) is 0 Å². The van der Waals surface area contributed by atoms with E-state index in [1.54, 1.807) is 12.1 Å². The van der Waals surface area contributed by atoms with Gasteiger partial charge in [-0.25, -0.2) is 4.79 Å². The van der Waals surface area contributed by atoms with Crippen LogP contribution in [0, 0.1) is 5.92 Å². The molecule has 0 spiro atoms. The van der Waals surface area contributed by atoms with E-state index in [0.29, 0.717) is 11.5 Å². The minimum Gasteiger partial charge on any atom is -0.493 e. The van der Waals surface area contributed by atoms with E-state index in [-0.39, 0.29) is 0 Å². The SMILES string of the molecule is O=C(O)c1cccc(CN2CCC(COc3ccccc3)C2)c1. The van der Waals surface area contributed by atoms with Crippen molar-refractivity contribution >= 4 is 5.97 Å². The third-order valence-electron chi connectivity index (χ3n) is 4.18. The number of nitrogens with zero attached hydrogens (tertiary/aromatic N) is 1. The molecule has 2 aromatic carbocycles. The van der Waals surface area contributed by atoms with Gasteiger partial charge in [0.25, 0.3) is 0 Å². The van der Waals surface area contributed by atoms with E-state index in [1.807, 2.05) is 42.5 Å². The molecule has 1 aliphatic heterocycles. The highest BCUT2D eigenvalue weighted by molar-refractivity contribution is 5.87. The summed E-state index contributed by atoms with van der Waals surface area (Å²) in [5.74, 6) is 0.570. The van der Waals surface area contributed by atoms with Gasteiger partial charge >= 0.3 is 5.97 Å². The zero-order valence-electron chi connectivity index (χ0n) is 13.0. The molecule has 0 aromatic heterocycles. The molecule has 120 valence electrons. The van der Waals surface area contributed by atoms with Crippen molar-refractivity contribution < 1.29 is 14.6 Å². The zero-order valence-corrected chi connectivity index (χ0v) is 13.0. The van der Waals surface area contributed by atoms with Crippen molar-refractivity contribution in [3.63, 3.8) is 0 Å². The molecule has 2 aromatic rings. The number of aromatic carboxylic acids is 1. The Kier molecular flexibility index (Phi) is 4.93. The van der Waals surface area contributed by atoms with Crippen LogP contribution >= 0.6 is 0 Å². The Labute approximate surface area is 136 Å². The lowest BCUT2D eigenvalue weighted by Gasteiger charge is -2.16. The van der Waals surface area contributed by atoms with Gasteiger partial charge in [-0.05, 0) is 42.8 Å². The van der Waals surface area contributed by atoms with Crippen LogP contribution in [0.2, 0.25) is 0 Å². The molecular formula is C19H21NO3. The maximum Gasteiger partial charge on any atom is 0.335 e. The molecule has 4 nitrogen and oxygen atoms in total. The maximum absolute atomic E-state index is 11.0. The summed E-state index contributed by atoms with van der Waals surface area (Å²) in [7, 11) is 0. The summed E-state index contributed by atoms with van der Waals surface area (Å²) in [5, 5.41) is 9.06. The van der Waals surface area contributed by atoms with Gasteiger partial charge in [0.1, 0.15) is 5.75 Å².